The number of halogens is 2. The van der Waals surface area contributed by atoms with Gasteiger partial charge in [-0.2, -0.15) is 0 Å². The highest BCUT2D eigenvalue weighted by Gasteiger charge is 2.31. The van der Waals surface area contributed by atoms with E-state index in [1.807, 2.05) is 12.1 Å². The van der Waals surface area contributed by atoms with Crippen LogP contribution in [0, 0.1) is 9.49 Å². The topological polar surface area (TPSA) is 57.6 Å². The predicted molar refractivity (Wildman–Crippen MR) is 78.5 cm³/mol. The summed E-state index contributed by atoms with van der Waals surface area (Å²) in [4.78, 5) is 24.8. The summed E-state index contributed by atoms with van der Waals surface area (Å²) in [6.45, 7) is 0.805. The number of carboxylic acids is 1. The predicted octanol–water partition coefficient (Wildman–Crippen LogP) is 2.60. The minimum absolute atomic E-state index is 0.107. The number of carbonyl (C=O) groups excluding carboxylic acids is 1. The molecule has 0 spiro atoms. The zero-order chi connectivity index (χ0) is 13.3. The van der Waals surface area contributed by atoms with Gasteiger partial charge in [0.25, 0.3) is 5.91 Å². The first-order valence-electron chi connectivity index (χ1n) is 5.46. The van der Waals surface area contributed by atoms with Gasteiger partial charge in [0.2, 0.25) is 0 Å². The fraction of sp³-hybridized carbons (Fsp3) is 0.333. The van der Waals surface area contributed by atoms with E-state index in [1.165, 1.54) is 0 Å². The number of hydrogen-bond donors (Lipinski definition) is 1. The highest BCUT2D eigenvalue weighted by atomic mass is 127. The van der Waals surface area contributed by atoms with Crippen molar-refractivity contribution in [3.63, 3.8) is 0 Å². The highest BCUT2D eigenvalue weighted by Crippen LogP contribution is 2.24. The molecule has 1 fully saturated rings. The molecule has 6 heteroatoms. The Bertz CT molecular complexity index is 506. The van der Waals surface area contributed by atoms with Gasteiger partial charge in [0.1, 0.15) is 0 Å². The van der Waals surface area contributed by atoms with Gasteiger partial charge in [-0.1, -0.05) is 0 Å². The first-order valence-corrected chi connectivity index (χ1v) is 7.33. The Hall–Kier alpha value is -0.630. The summed E-state index contributed by atoms with van der Waals surface area (Å²) in [5.74, 6) is -1.37. The molecule has 1 atom stereocenters. The van der Waals surface area contributed by atoms with E-state index in [1.54, 1.807) is 11.0 Å². The molecule has 1 aromatic carbocycles. The van der Waals surface area contributed by atoms with Gasteiger partial charge < -0.3 is 10.0 Å². The molecular formula is C12H11BrINO3. The first kappa shape index (κ1) is 13.8. The summed E-state index contributed by atoms with van der Waals surface area (Å²) < 4.78 is 1.72. The molecular weight excluding hydrogens is 413 g/mol. The second-order valence-electron chi connectivity index (χ2n) is 4.20. The third kappa shape index (κ3) is 2.85. The van der Waals surface area contributed by atoms with E-state index in [0.29, 0.717) is 25.1 Å². The normalized spacial score (nSPS) is 19.0. The van der Waals surface area contributed by atoms with Crippen molar-refractivity contribution in [3.8, 4) is 0 Å². The molecule has 1 aliphatic heterocycles. The summed E-state index contributed by atoms with van der Waals surface area (Å²) in [6.07, 6.45) is 0.530. The summed E-state index contributed by atoms with van der Waals surface area (Å²) in [6, 6.07) is 5.55. The Balaban J connectivity index is 2.17. The van der Waals surface area contributed by atoms with E-state index in [-0.39, 0.29) is 5.91 Å². The van der Waals surface area contributed by atoms with Crippen molar-refractivity contribution in [2.45, 2.75) is 6.42 Å². The number of benzene rings is 1. The first-order chi connectivity index (χ1) is 8.49. The number of likely N-dealkylation sites (tertiary alicyclic amines) is 1. The molecule has 2 rings (SSSR count). The zero-order valence-corrected chi connectivity index (χ0v) is 13.1. The smallest absolute Gasteiger partial charge is 0.308 e. The van der Waals surface area contributed by atoms with Crippen LogP contribution < -0.4 is 0 Å². The molecule has 1 N–H and O–H groups in total. The maximum absolute atomic E-state index is 12.3. The molecule has 1 aromatic rings. The van der Waals surface area contributed by atoms with Crippen molar-refractivity contribution in [1.29, 1.82) is 0 Å². The van der Waals surface area contributed by atoms with Gasteiger partial charge in [-0.05, 0) is 63.1 Å². The van der Waals surface area contributed by atoms with Crippen molar-refractivity contribution in [2.24, 2.45) is 5.92 Å². The monoisotopic (exact) mass is 423 g/mol. The molecule has 0 aliphatic carbocycles. The van der Waals surface area contributed by atoms with Gasteiger partial charge in [0, 0.05) is 21.1 Å². The van der Waals surface area contributed by atoms with Crippen molar-refractivity contribution in [3.05, 3.63) is 31.8 Å². The number of carbonyl (C=O) groups is 2. The molecule has 0 bridgehead atoms. The quantitative estimate of drug-likeness (QED) is 0.744. The van der Waals surface area contributed by atoms with E-state index in [4.69, 9.17) is 5.11 Å². The van der Waals surface area contributed by atoms with Gasteiger partial charge in [-0.3, -0.25) is 9.59 Å². The van der Waals surface area contributed by atoms with Crippen LogP contribution in [0.5, 0.6) is 0 Å². The maximum atomic E-state index is 12.3. The Morgan fingerprint density at radius 1 is 1.44 bits per heavy atom. The van der Waals surface area contributed by atoms with Crippen LogP contribution in [0.4, 0.5) is 0 Å². The van der Waals surface area contributed by atoms with Crippen LogP contribution in [0.25, 0.3) is 0 Å². The summed E-state index contributed by atoms with van der Waals surface area (Å²) in [5.41, 5.74) is 0.591. The van der Waals surface area contributed by atoms with Crippen LogP contribution in [0.15, 0.2) is 22.7 Å². The van der Waals surface area contributed by atoms with E-state index in [2.05, 4.69) is 38.5 Å². The Morgan fingerprint density at radius 2 is 2.17 bits per heavy atom. The minimum atomic E-state index is -0.827. The third-order valence-corrected chi connectivity index (χ3v) is 4.35. The molecule has 0 aromatic heterocycles. The third-order valence-electron chi connectivity index (χ3n) is 2.98. The number of rotatable bonds is 2. The van der Waals surface area contributed by atoms with Crippen molar-refractivity contribution < 1.29 is 14.7 Å². The lowest BCUT2D eigenvalue weighted by molar-refractivity contribution is -0.141. The maximum Gasteiger partial charge on any atom is 0.308 e. The Labute approximate surface area is 127 Å². The SMILES string of the molecule is O=C(O)C1CCN(C(=O)c2cc(I)ccc2Br)C1. The van der Waals surface area contributed by atoms with Gasteiger partial charge in [-0.25, -0.2) is 0 Å². The van der Waals surface area contributed by atoms with Crippen molar-refractivity contribution in [2.75, 3.05) is 13.1 Å². The Kier molecular flexibility index (Phi) is 4.26. The molecule has 1 amide bonds. The number of nitrogens with zero attached hydrogens (tertiary/aromatic N) is 1. The lowest BCUT2D eigenvalue weighted by Crippen LogP contribution is -2.30. The van der Waals surface area contributed by atoms with E-state index in [0.717, 1.165) is 8.04 Å². The second kappa shape index (κ2) is 5.56. The largest absolute Gasteiger partial charge is 0.481 e. The summed E-state index contributed by atoms with van der Waals surface area (Å²) in [7, 11) is 0. The van der Waals surface area contributed by atoms with Crippen molar-refractivity contribution >= 4 is 50.4 Å². The van der Waals surface area contributed by atoms with Crippen molar-refractivity contribution in [1.82, 2.24) is 4.90 Å². The fourth-order valence-corrected chi connectivity index (χ4v) is 2.89. The van der Waals surface area contributed by atoms with Crippen LogP contribution in [0.2, 0.25) is 0 Å². The van der Waals surface area contributed by atoms with E-state index >= 15 is 0 Å². The summed E-state index contributed by atoms with van der Waals surface area (Å²) in [5, 5.41) is 8.93. The number of amides is 1. The van der Waals surface area contributed by atoms with Crippen LogP contribution in [-0.2, 0) is 4.79 Å². The van der Waals surface area contributed by atoms with E-state index < -0.39 is 11.9 Å². The van der Waals surface area contributed by atoms with Gasteiger partial charge in [0.05, 0.1) is 11.5 Å². The zero-order valence-electron chi connectivity index (χ0n) is 9.40. The van der Waals surface area contributed by atoms with Crippen LogP contribution >= 0.6 is 38.5 Å². The molecule has 0 radical (unpaired) electrons. The number of aliphatic carboxylic acids is 1. The molecule has 1 heterocycles. The molecule has 1 aliphatic rings. The second-order valence-corrected chi connectivity index (χ2v) is 6.30. The summed E-state index contributed by atoms with van der Waals surface area (Å²) >= 11 is 5.50. The number of carboxylic acid groups (broad SMARTS) is 1. The highest BCUT2D eigenvalue weighted by molar-refractivity contribution is 14.1. The fourth-order valence-electron chi connectivity index (χ4n) is 1.98. The van der Waals surface area contributed by atoms with Gasteiger partial charge in [0.15, 0.2) is 0 Å². The van der Waals surface area contributed by atoms with Gasteiger partial charge >= 0.3 is 5.97 Å². The Morgan fingerprint density at radius 3 is 2.78 bits per heavy atom. The molecule has 96 valence electrons. The van der Waals surface area contributed by atoms with E-state index in [9.17, 15) is 9.59 Å². The lowest BCUT2D eigenvalue weighted by atomic mass is 10.1. The minimum Gasteiger partial charge on any atom is -0.481 e. The molecule has 1 saturated heterocycles. The average molecular weight is 424 g/mol. The van der Waals surface area contributed by atoms with Crippen LogP contribution in [0.3, 0.4) is 0 Å². The average Bonchev–Trinajstić information content (AvgIpc) is 2.81. The molecule has 18 heavy (non-hydrogen) atoms. The molecule has 0 saturated carbocycles. The molecule has 1 unspecified atom stereocenters. The standard InChI is InChI=1S/C12H11BrINO3/c13-10-2-1-8(14)5-9(10)11(16)15-4-3-7(6-15)12(17)18/h1-2,5,7H,3-4,6H2,(H,17,18). The van der Waals surface area contributed by atoms with Gasteiger partial charge in [-0.15, -0.1) is 0 Å². The van der Waals surface area contributed by atoms with Crippen LogP contribution in [0.1, 0.15) is 16.8 Å². The lowest BCUT2D eigenvalue weighted by Gasteiger charge is -2.16. The molecule has 4 nitrogen and oxygen atoms in total. The number of hydrogen-bond acceptors (Lipinski definition) is 2. The van der Waals surface area contributed by atoms with Crippen LogP contribution in [-0.4, -0.2) is 35.0 Å².